The number of carbonyl (C=O) groups excluding carboxylic acids is 1. The molecule has 1 N–H and O–H groups in total. The van der Waals surface area contributed by atoms with E-state index >= 15 is 0 Å². The maximum absolute atomic E-state index is 12.4. The summed E-state index contributed by atoms with van der Waals surface area (Å²) < 4.78 is 5.16. The lowest BCUT2D eigenvalue weighted by atomic mass is 9.99. The van der Waals surface area contributed by atoms with Gasteiger partial charge in [0.1, 0.15) is 5.75 Å². The van der Waals surface area contributed by atoms with Gasteiger partial charge < -0.3 is 15.0 Å². The Labute approximate surface area is 153 Å². The van der Waals surface area contributed by atoms with Gasteiger partial charge in [0.2, 0.25) is 0 Å². The van der Waals surface area contributed by atoms with Crippen LogP contribution >= 0.6 is 11.6 Å². The van der Waals surface area contributed by atoms with Gasteiger partial charge in [0.25, 0.3) is 5.91 Å². The lowest BCUT2D eigenvalue weighted by molar-refractivity contribution is 0.102. The van der Waals surface area contributed by atoms with Crippen LogP contribution in [-0.4, -0.2) is 26.1 Å². The molecule has 0 bridgehead atoms. The Morgan fingerprint density at radius 3 is 2.64 bits per heavy atom. The zero-order valence-electron chi connectivity index (χ0n) is 14.6. The second kappa shape index (κ2) is 7.79. The van der Waals surface area contributed by atoms with Gasteiger partial charge in [-0.25, -0.2) is 0 Å². The minimum atomic E-state index is -0.186. The summed E-state index contributed by atoms with van der Waals surface area (Å²) in [6.45, 7) is 4.34. The standard InChI is InChI=1S/C20H23ClN2O2/c1-14-8-10-23(11-9-14)19-7-6-16(13-18(19)21)22-20(24)15-4-3-5-17(12-15)25-2/h3-7,12-14H,8-11H2,1-2H3,(H,22,24). The van der Waals surface area contributed by atoms with E-state index in [2.05, 4.69) is 17.1 Å². The minimum Gasteiger partial charge on any atom is -0.497 e. The molecular weight excluding hydrogens is 336 g/mol. The normalized spacial score (nSPS) is 15.1. The Balaban J connectivity index is 1.71. The van der Waals surface area contributed by atoms with Crippen LogP contribution in [0.5, 0.6) is 5.75 Å². The molecule has 0 saturated carbocycles. The van der Waals surface area contributed by atoms with Crippen molar-refractivity contribution in [2.75, 3.05) is 30.4 Å². The molecule has 0 atom stereocenters. The number of benzene rings is 2. The van der Waals surface area contributed by atoms with E-state index in [1.165, 1.54) is 12.8 Å². The third-order valence-corrected chi connectivity index (χ3v) is 4.96. The van der Waals surface area contributed by atoms with Gasteiger partial charge in [-0.1, -0.05) is 24.6 Å². The lowest BCUT2D eigenvalue weighted by Crippen LogP contribution is -2.32. The molecule has 5 heteroatoms. The van der Waals surface area contributed by atoms with E-state index in [1.807, 2.05) is 24.3 Å². The Morgan fingerprint density at radius 2 is 1.96 bits per heavy atom. The first-order valence-corrected chi connectivity index (χ1v) is 8.94. The van der Waals surface area contributed by atoms with E-state index in [9.17, 15) is 4.79 Å². The third kappa shape index (κ3) is 4.26. The van der Waals surface area contributed by atoms with E-state index in [1.54, 1.807) is 25.3 Å². The van der Waals surface area contributed by atoms with Crippen LogP contribution in [-0.2, 0) is 0 Å². The minimum absolute atomic E-state index is 0.186. The molecule has 1 aliphatic heterocycles. The molecule has 0 unspecified atom stereocenters. The fourth-order valence-electron chi connectivity index (χ4n) is 3.06. The van der Waals surface area contributed by atoms with Gasteiger partial charge in [-0.3, -0.25) is 4.79 Å². The first kappa shape index (κ1) is 17.6. The van der Waals surface area contributed by atoms with Crippen molar-refractivity contribution < 1.29 is 9.53 Å². The summed E-state index contributed by atoms with van der Waals surface area (Å²) in [7, 11) is 1.58. The predicted octanol–water partition coefficient (Wildman–Crippen LogP) is 4.84. The second-order valence-corrected chi connectivity index (χ2v) is 6.93. The first-order valence-electron chi connectivity index (χ1n) is 8.56. The number of amides is 1. The van der Waals surface area contributed by atoms with Crippen LogP contribution in [0.3, 0.4) is 0 Å². The number of piperidine rings is 1. The average molecular weight is 359 g/mol. The molecule has 1 saturated heterocycles. The SMILES string of the molecule is COc1cccc(C(=O)Nc2ccc(N3CCC(C)CC3)c(Cl)c2)c1. The quantitative estimate of drug-likeness (QED) is 0.850. The topological polar surface area (TPSA) is 41.6 Å². The molecule has 0 radical (unpaired) electrons. The van der Waals surface area contributed by atoms with Crippen molar-refractivity contribution in [3.05, 3.63) is 53.1 Å². The van der Waals surface area contributed by atoms with E-state index in [0.717, 1.165) is 24.7 Å². The van der Waals surface area contributed by atoms with Gasteiger partial charge >= 0.3 is 0 Å². The molecule has 0 aromatic heterocycles. The zero-order chi connectivity index (χ0) is 17.8. The molecule has 132 valence electrons. The van der Waals surface area contributed by atoms with E-state index in [4.69, 9.17) is 16.3 Å². The van der Waals surface area contributed by atoms with Crippen LogP contribution < -0.4 is 15.0 Å². The van der Waals surface area contributed by atoms with Crippen molar-refractivity contribution >= 4 is 28.9 Å². The van der Waals surface area contributed by atoms with Crippen molar-refractivity contribution in [3.8, 4) is 5.75 Å². The van der Waals surface area contributed by atoms with Gasteiger partial charge in [0.05, 0.1) is 17.8 Å². The summed E-state index contributed by atoms with van der Waals surface area (Å²) in [5.74, 6) is 1.24. The Bertz CT molecular complexity index is 755. The number of ether oxygens (including phenoxy) is 1. The van der Waals surface area contributed by atoms with E-state index in [-0.39, 0.29) is 5.91 Å². The second-order valence-electron chi connectivity index (χ2n) is 6.52. The van der Waals surface area contributed by atoms with Crippen LogP contribution in [0.4, 0.5) is 11.4 Å². The molecule has 1 aliphatic rings. The summed E-state index contributed by atoms with van der Waals surface area (Å²) in [6.07, 6.45) is 2.37. The fraction of sp³-hybridized carbons (Fsp3) is 0.350. The van der Waals surface area contributed by atoms with Crippen molar-refractivity contribution in [3.63, 3.8) is 0 Å². The van der Waals surface area contributed by atoms with Gasteiger partial charge in [-0.05, 0) is 55.2 Å². The highest BCUT2D eigenvalue weighted by Crippen LogP contribution is 2.32. The zero-order valence-corrected chi connectivity index (χ0v) is 15.3. The molecule has 1 fully saturated rings. The van der Waals surface area contributed by atoms with Crippen molar-refractivity contribution in [1.29, 1.82) is 0 Å². The molecule has 0 aliphatic carbocycles. The molecule has 2 aromatic rings. The van der Waals surface area contributed by atoms with Gasteiger partial charge in [-0.2, -0.15) is 0 Å². The van der Waals surface area contributed by atoms with Gasteiger partial charge in [0, 0.05) is 24.3 Å². The smallest absolute Gasteiger partial charge is 0.255 e. The highest BCUT2D eigenvalue weighted by Gasteiger charge is 2.18. The van der Waals surface area contributed by atoms with E-state index in [0.29, 0.717) is 22.0 Å². The summed E-state index contributed by atoms with van der Waals surface area (Å²) in [6, 6.07) is 12.8. The predicted molar refractivity (Wildman–Crippen MR) is 103 cm³/mol. The molecule has 0 spiro atoms. The maximum Gasteiger partial charge on any atom is 0.255 e. The van der Waals surface area contributed by atoms with Crippen LogP contribution in [0.25, 0.3) is 0 Å². The lowest BCUT2D eigenvalue weighted by Gasteiger charge is -2.32. The molecule has 25 heavy (non-hydrogen) atoms. The fourth-order valence-corrected chi connectivity index (χ4v) is 3.36. The average Bonchev–Trinajstić information content (AvgIpc) is 2.63. The molecular formula is C20H23ClN2O2. The number of hydrogen-bond acceptors (Lipinski definition) is 3. The molecule has 2 aromatic carbocycles. The van der Waals surface area contributed by atoms with Crippen molar-refractivity contribution in [1.82, 2.24) is 0 Å². The highest BCUT2D eigenvalue weighted by molar-refractivity contribution is 6.33. The van der Waals surface area contributed by atoms with Crippen LogP contribution in [0.1, 0.15) is 30.1 Å². The Morgan fingerprint density at radius 1 is 1.20 bits per heavy atom. The largest absolute Gasteiger partial charge is 0.497 e. The van der Waals surface area contributed by atoms with E-state index < -0.39 is 0 Å². The third-order valence-electron chi connectivity index (χ3n) is 4.66. The number of anilines is 2. The van der Waals surface area contributed by atoms with Crippen LogP contribution in [0.2, 0.25) is 5.02 Å². The number of nitrogens with zero attached hydrogens (tertiary/aromatic N) is 1. The summed E-state index contributed by atoms with van der Waals surface area (Å²) >= 11 is 6.46. The monoisotopic (exact) mass is 358 g/mol. The number of nitrogens with one attached hydrogen (secondary N) is 1. The summed E-state index contributed by atoms with van der Waals surface area (Å²) in [4.78, 5) is 14.7. The molecule has 1 amide bonds. The van der Waals surface area contributed by atoms with Gasteiger partial charge in [0.15, 0.2) is 0 Å². The highest BCUT2D eigenvalue weighted by atomic mass is 35.5. The number of carbonyl (C=O) groups is 1. The number of hydrogen-bond donors (Lipinski definition) is 1. The maximum atomic E-state index is 12.4. The van der Waals surface area contributed by atoms with Crippen molar-refractivity contribution in [2.24, 2.45) is 5.92 Å². The van der Waals surface area contributed by atoms with Crippen LogP contribution in [0, 0.1) is 5.92 Å². The van der Waals surface area contributed by atoms with Crippen molar-refractivity contribution in [2.45, 2.75) is 19.8 Å². The summed E-state index contributed by atoms with van der Waals surface area (Å²) in [5, 5.41) is 3.55. The number of rotatable bonds is 4. The number of halogens is 1. The Kier molecular flexibility index (Phi) is 5.49. The Hall–Kier alpha value is -2.20. The van der Waals surface area contributed by atoms with Gasteiger partial charge in [-0.15, -0.1) is 0 Å². The molecule has 4 nitrogen and oxygen atoms in total. The van der Waals surface area contributed by atoms with Crippen LogP contribution in [0.15, 0.2) is 42.5 Å². The molecule has 3 rings (SSSR count). The summed E-state index contributed by atoms with van der Waals surface area (Å²) in [5.41, 5.74) is 2.27. The number of methoxy groups -OCH3 is 1. The molecule has 1 heterocycles. The first-order chi connectivity index (χ1) is 12.1.